The Bertz CT molecular complexity index is 669. The maximum Gasteiger partial charge on any atom is 0.262 e. The molecule has 0 aliphatic carbocycles. The SMILES string of the molecule is Oc1cnccc1-c1nc(-c2ncccc2Cl)no1. The fourth-order valence-electron chi connectivity index (χ4n) is 1.55. The third-order valence-electron chi connectivity index (χ3n) is 2.43. The van der Waals surface area contributed by atoms with Gasteiger partial charge in [0.2, 0.25) is 5.82 Å². The Morgan fingerprint density at radius 1 is 1.21 bits per heavy atom. The number of aromatic nitrogens is 4. The third kappa shape index (κ3) is 2.13. The second kappa shape index (κ2) is 4.66. The number of nitrogens with zero attached hydrogens (tertiary/aromatic N) is 4. The van der Waals surface area contributed by atoms with Gasteiger partial charge in [-0.3, -0.25) is 9.97 Å². The zero-order valence-electron chi connectivity index (χ0n) is 9.49. The molecule has 94 valence electrons. The molecule has 3 aromatic heterocycles. The maximum absolute atomic E-state index is 9.67. The van der Waals surface area contributed by atoms with Gasteiger partial charge in [0.1, 0.15) is 11.4 Å². The second-order valence-electron chi connectivity index (χ2n) is 3.65. The van der Waals surface area contributed by atoms with Crippen LogP contribution in [0.25, 0.3) is 23.0 Å². The molecule has 3 rings (SSSR count). The number of halogens is 1. The minimum absolute atomic E-state index is 0.0372. The van der Waals surface area contributed by atoms with Gasteiger partial charge in [-0.15, -0.1) is 0 Å². The Morgan fingerprint density at radius 3 is 2.89 bits per heavy atom. The number of rotatable bonds is 2. The first-order chi connectivity index (χ1) is 9.25. The van der Waals surface area contributed by atoms with Crippen LogP contribution in [-0.2, 0) is 0 Å². The van der Waals surface area contributed by atoms with Gasteiger partial charge in [-0.2, -0.15) is 4.98 Å². The van der Waals surface area contributed by atoms with E-state index in [4.69, 9.17) is 16.1 Å². The van der Waals surface area contributed by atoms with Gasteiger partial charge in [-0.05, 0) is 18.2 Å². The van der Waals surface area contributed by atoms with Crippen molar-refractivity contribution in [2.24, 2.45) is 0 Å². The summed E-state index contributed by atoms with van der Waals surface area (Å²) in [6.45, 7) is 0. The molecule has 0 spiro atoms. The van der Waals surface area contributed by atoms with Crippen LogP contribution in [-0.4, -0.2) is 25.2 Å². The summed E-state index contributed by atoms with van der Waals surface area (Å²) >= 11 is 6.00. The first-order valence-electron chi connectivity index (χ1n) is 5.33. The van der Waals surface area contributed by atoms with E-state index in [9.17, 15) is 5.11 Å². The van der Waals surface area contributed by atoms with Crippen LogP contribution in [0, 0.1) is 0 Å². The Labute approximate surface area is 112 Å². The molecule has 0 bridgehead atoms. The summed E-state index contributed by atoms with van der Waals surface area (Å²) in [6.07, 6.45) is 4.40. The van der Waals surface area contributed by atoms with Crippen LogP contribution in [0.5, 0.6) is 5.75 Å². The number of hydrogen-bond donors (Lipinski definition) is 1. The van der Waals surface area contributed by atoms with Crippen molar-refractivity contribution in [3.05, 3.63) is 41.8 Å². The molecule has 3 heterocycles. The van der Waals surface area contributed by atoms with Crippen LogP contribution in [0.15, 0.2) is 41.3 Å². The Kier molecular flexibility index (Phi) is 2.85. The van der Waals surface area contributed by atoms with Gasteiger partial charge >= 0.3 is 0 Å². The Hall–Kier alpha value is -2.47. The molecule has 0 aromatic carbocycles. The lowest BCUT2D eigenvalue weighted by atomic mass is 10.2. The average Bonchev–Trinajstić information content (AvgIpc) is 2.89. The van der Waals surface area contributed by atoms with Gasteiger partial charge < -0.3 is 9.63 Å². The zero-order chi connectivity index (χ0) is 13.2. The van der Waals surface area contributed by atoms with E-state index in [0.29, 0.717) is 16.3 Å². The van der Waals surface area contributed by atoms with Crippen molar-refractivity contribution >= 4 is 11.6 Å². The van der Waals surface area contributed by atoms with Gasteiger partial charge in [0.05, 0.1) is 16.8 Å². The second-order valence-corrected chi connectivity index (χ2v) is 4.06. The van der Waals surface area contributed by atoms with Crippen molar-refractivity contribution in [2.75, 3.05) is 0 Å². The smallest absolute Gasteiger partial charge is 0.262 e. The third-order valence-corrected chi connectivity index (χ3v) is 2.73. The molecule has 0 fully saturated rings. The van der Waals surface area contributed by atoms with Crippen molar-refractivity contribution in [3.63, 3.8) is 0 Å². The van der Waals surface area contributed by atoms with E-state index in [1.807, 2.05) is 0 Å². The van der Waals surface area contributed by atoms with E-state index in [1.54, 1.807) is 24.4 Å². The monoisotopic (exact) mass is 274 g/mol. The van der Waals surface area contributed by atoms with Crippen LogP contribution in [0.2, 0.25) is 5.02 Å². The molecule has 0 saturated carbocycles. The highest BCUT2D eigenvalue weighted by atomic mass is 35.5. The maximum atomic E-state index is 9.67. The largest absolute Gasteiger partial charge is 0.505 e. The van der Waals surface area contributed by atoms with Crippen LogP contribution in [0.4, 0.5) is 0 Å². The molecule has 0 saturated heterocycles. The number of aromatic hydroxyl groups is 1. The Morgan fingerprint density at radius 2 is 2.11 bits per heavy atom. The minimum atomic E-state index is -0.0372. The van der Waals surface area contributed by atoms with E-state index in [-0.39, 0.29) is 17.5 Å². The predicted octanol–water partition coefficient (Wildman–Crippen LogP) is 2.55. The molecule has 6 nitrogen and oxygen atoms in total. The van der Waals surface area contributed by atoms with E-state index >= 15 is 0 Å². The fourth-order valence-corrected chi connectivity index (χ4v) is 1.75. The topological polar surface area (TPSA) is 84.9 Å². The van der Waals surface area contributed by atoms with Crippen molar-refractivity contribution in [1.82, 2.24) is 20.1 Å². The van der Waals surface area contributed by atoms with Gasteiger partial charge in [0, 0.05) is 12.4 Å². The predicted molar refractivity (Wildman–Crippen MR) is 67.4 cm³/mol. The number of hydrogen-bond acceptors (Lipinski definition) is 6. The summed E-state index contributed by atoms with van der Waals surface area (Å²) in [5, 5.41) is 13.9. The molecule has 3 aromatic rings. The molecule has 0 aliphatic heterocycles. The lowest BCUT2D eigenvalue weighted by Crippen LogP contribution is -1.86. The summed E-state index contributed by atoms with van der Waals surface area (Å²) in [5.74, 6) is 0.401. The summed E-state index contributed by atoms with van der Waals surface area (Å²) in [6, 6.07) is 4.97. The van der Waals surface area contributed by atoms with E-state index in [0.717, 1.165) is 0 Å². The lowest BCUT2D eigenvalue weighted by molar-refractivity contribution is 0.425. The quantitative estimate of drug-likeness (QED) is 0.773. The van der Waals surface area contributed by atoms with E-state index in [1.165, 1.54) is 12.4 Å². The highest BCUT2D eigenvalue weighted by Gasteiger charge is 2.16. The zero-order valence-corrected chi connectivity index (χ0v) is 10.2. The summed E-state index contributed by atoms with van der Waals surface area (Å²) in [4.78, 5) is 12.0. The van der Waals surface area contributed by atoms with Crippen LogP contribution in [0.3, 0.4) is 0 Å². The van der Waals surface area contributed by atoms with Crippen LogP contribution in [0.1, 0.15) is 0 Å². The first kappa shape index (κ1) is 11.6. The molecule has 0 aliphatic rings. The molecule has 0 unspecified atom stereocenters. The van der Waals surface area contributed by atoms with Crippen molar-refractivity contribution in [3.8, 4) is 28.7 Å². The van der Waals surface area contributed by atoms with Crippen LogP contribution < -0.4 is 0 Å². The van der Waals surface area contributed by atoms with Gasteiger partial charge in [0.25, 0.3) is 5.89 Å². The van der Waals surface area contributed by atoms with Gasteiger partial charge in [-0.25, -0.2) is 0 Å². The minimum Gasteiger partial charge on any atom is -0.505 e. The standard InChI is InChI=1S/C12H7ClN4O2/c13-8-2-1-4-15-10(8)11-16-12(19-17-11)7-3-5-14-6-9(7)18/h1-6,18H. The van der Waals surface area contributed by atoms with Crippen molar-refractivity contribution in [1.29, 1.82) is 0 Å². The number of pyridine rings is 2. The van der Waals surface area contributed by atoms with Crippen molar-refractivity contribution < 1.29 is 9.63 Å². The highest BCUT2D eigenvalue weighted by molar-refractivity contribution is 6.32. The molecule has 19 heavy (non-hydrogen) atoms. The van der Waals surface area contributed by atoms with Crippen molar-refractivity contribution in [2.45, 2.75) is 0 Å². The highest BCUT2D eigenvalue weighted by Crippen LogP contribution is 2.29. The molecule has 0 atom stereocenters. The summed E-state index contributed by atoms with van der Waals surface area (Å²) < 4.78 is 5.09. The summed E-state index contributed by atoms with van der Waals surface area (Å²) in [7, 11) is 0. The molecule has 1 N–H and O–H groups in total. The van der Waals surface area contributed by atoms with Gasteiger partial charge in [-0.1, -0.05) is 16.8 Å². The van der Waals surface area contributed by atoms with E-state index < -0.39 is 0 Å². The lowest BCUT2D eigenvalue weighted by Gasteiger charge is -1.96. The normalized spacial score (nSPS) is 10.6. The molecular weight excluding hydrogens is 268 g/mol. The first-order valence-corrected chi connectivity index (χ1v) is 5.71. The molecule has 0 amide bonds. The van der Waals surface area contributed by atoms with E-state index in [2.05, 4.69) is 20.1 Å². The molecular formula is C12H7ClN4O2. The summed E-state index contributed by atoms with van der Waals surface area (Å²) in [5.41, 5.74) is 0.827. The fraction of sp³-hybridized carbons (Fsp3) is 0. The molecule has 0 radical (unpaired) electrons. The molecule has 7 heteroatoms. The van der Waals surface area contributed by atoms with Gasteiger partial charge in [0.15, 0.2) is 0 Å². The average molecular weight is 275 g/mol. The van der Waals surface area contributed by atoms with Crippen LogP contribution >= 0.6 is 11.6 Å². The Balaban J connectivity index is 2.06.